The Morgan fingerprint density at radius 2 is 1.81 bits per heavy atom. The van der Waals surface area contributed by atoms with E-state index in [2.05, 4.69) is 11.0 Å². The van der Waals surface area contributed by atoms with Gasteiger partial charge in [0.05, 0.1) is 12.6 Å². The standard InChI is InChI=1S/C20H24N2O3S/c1-2-25-20(24)18(16-11-7-4-8-12-16)22-19(23)17(21)14-26-13-15-9-5-3-6-10-15/h3-12,17-18H,2,13-14,21H2,1H3,(H,22,23)/t17-,18?/m0/s1/i/hD. The van der Waals surface area contributed by atoms with E-state index in [0.29, 0.717) is 11.3 Å². The van der Waals surface area contributed by atoms with Gasteiger partial charge in [0.2, 0.25) is 5.91 Å². The number of esters is 1. The van der Waals surface area contributed by atoms with Crippen molar-refractivity contribution < 1.29 is 15.7 Å². The molecule has 138 valence electrons. The number of rotatable bonds is 10. The molecular weight excluding hydrogens is 348 g/mol. The van der Waals surface area contributed by atoms with E-state index in [-0.39, 0.29) is 6.61 Å². The summed E-state index contributed by atoms with van der Waals surface area (Å²) in [6.45, 7) is 1.95. The number of hydrogen-bond acceptors (Lipinski definition) is 5. The monoisotopic (exact) mass is 373 g/mol. The molecule has 6 heteroatoms. The highest BCUT2D eigenvalue weighted by molar-refractivity contribution is 7.98. The Morgan fingerprint density at radius 3 is 2.42 bits per heavy atom. The lowest BCUT2D eigenvalue weighted by Gasteiger charge is -2.20. The summed E-state index contributed by atoms with van der Waals surface area (Å²) in [6, 6.07) is 17.2. The largest absolute Gasteiger partial charge is 0.464 e. The topological polar surface area (TPSA) is 81.4 Å². The number of carbonyl (C=O) groups is 2. The zero-order valence-corrected chi connectivity index (χ0v) is 15.5. The van der Waals surface area contributed by atoms with Crippen molar-refractivity contribution in [3.05, 3.63) is 71.8 Å². The molecule has 2 rings (SSSR count). The van der Waals surface area contributed by atoms with Crippen molar-refractivity contribution in [2.45, 2.75) is 24.8 Å². The van der Waals surface area contributed by atoms with E-state index in [0.717, 1.165) is 11.3 Å². The van der Waals surface area contributed by atoms with E-state index in [1.165, 1.54) is 0 Å². The Morgan fingerprint density at radius 1 is 1.15 bits per heavy atom. The van der Waals surface area contributed by atoms with Gasteiger partial charge in [-0.2, -0.15) is 11.8 Å². The van der Waals surface area contributed by atoms with Crippen molar-refractivity contribution in [1.82, 2.24) is 5.32 Å². The van der Waals surface area contributed by atoms with Crippen LogP contribution in [0.15, 0.2) is 60.7 Å². The lowest BCUT2D eigenvalue weighted by molar-refractivity contribution is -0.147. The van der Waals surface area contributed by atoms with Gasteiger partial charge in [0.25, 0.3) is 0 Å². The number of thioether (sulfide) groups is 1. The molecule has 5 nitrogen and oxygen atoms in total. The summed E-state index contributed by atoms with van der Waals surface area (Å²) < 4.78 is 12.6. The molecule has 2 atom stereocenters. The Balaban J connectivity index is 1.97. The molecular formula is C20H24N2O3S. The molecule has 2 aromatic carbocycles. The maximum Gasteiger partial charge on any atom is 0.333 e. The van der Waals surface area contributed by atoms with Crippen molar-refractivity contribution in [3.8, 4) is 0 Å². The van der Waals surface area contributed by atoms with Crippen molar-refractivity contribution in [3.63, 3.8) is 0 Å². The third-order valence-corrected chi connectivity index (χ3v) is 4.76. The lowest BCUT2D eigenvalue weighted by atomic mass is 10.1. The molecule has 0 aliphatic rings. The zero-order valence-electron chi connectivity index (χ0n) is 15.7. The Bertz CT molecular complexity index is 716. The summed E-state index contributed by atoms with van der Waals surface area (Å²) in [7, 11) is 0. The van der Waals surface area contributed by atoms with Crippen molar-refractivity contribution in [2.24, 2.45) is 5.73 Å². The predicted molar refractivity (Wildman–Crippen MR) is 105 cm³/mol. The van der Waals surface area contributed by atoms with E-state index >= 15 is 0 Å². The minimum atomic E-state index is -0.895. The summed E-state index contributed by atoms with van der Waals surface area (Å²) in [4.78, 5) is 24.9. The first-order valence-electron chi connectivity index (χ1n) is 8.96. The van der Waals surface area contributed by atoms with Gasteiger partial charge in [0.1, 0.15) is 1.41 Å². The van der Waals surface area contributed by atoms with Gasteiger partial charge in [0, 0.05) is 11.5 Å². The Labute approximate surface area is 159 Å². The summed E-state index contributed by atoms with van der Waals surface area (Å²) >= 11 is 1.55. The van der Waals surface area contributed by atoms with Gasteiger partial charge in [-0.3, -0.25) is 4.79 Å². The SMILES string of the molecule is [2H]N[C@@H](CSCc1ccccc1)C(=O)NC(C(=O)OCC)c1ccccc1. The molecule has 26 heavy (non-hydrogen) atoms. The molecule has 0 aliphatic carbocycles. The van der Waals surface area contributed by atoms with Crippen LogP contribution >= 0.6 is 11.8 Å². The van der Waals surface area contributed by atoms with Crippen LogP contribution in [0.3, 0.4) is 0 Å². The van der Waals surface area contributed by atoms with Crippen molar-refractivity contribution in [2.75, 3.05) is 12.4 Å². The van der Waals surface area contributed by atoms with Gasteiger partial charge < -0.3 is 15.8 Å². The number of nitrogens with one attached hydrogen (secondary N) is 1. The summed E-state index contributed by atoms with van der Waals surface area (Å²) in [5.74, 6) is 0.228. The van der Waals surface area contributed by atoms with E-state index in [1.54, 1.807) is 43.0 Å². The molecule has 3 N–H and O–H groups in total. The van der Waals surface area contributed by atoms with E-state index < -0.39 is 24.0 Å². The molecule has 1 amide bonds. The molecule has 0 aliphatic heterocycles. The second-order valence-electron chi connectivity index (χ2n) is 5.66. The van der Waals surface area contributed by atoms with Crippen LogP contribution in [-0.2, 0) is 20.1 Å². The van der Waals surface area contributed by atoms with E-state index in [1.807, 2.05) is 36.4 Å². The Kier molecular flexibility index (Phi) is 7.56. The van der Waals surface area contributed by atoms with E-state index in [9.17, 15) is 9.59 Å². The third-order valence-electron chi connectivity index (χ3n) is 3.65. The second-order valence-corrected chi connectivity index (χ2v) is 6.69. The Hall–Kier alpha value is -2.31. The summed E-state index contributed by atoms with van der Waals surface area (Å²) in [5.41, 5.74) is 4.08. The molecule has 0 saturated heterocycles. The maximum absolute atomic E-state index is 12.6. The molecule has 2 aromatic rings. The molecule has 0 spiro atoms. The minimum absolute atomic E-state index is 0.227. The molecule has 1 unspecified atom stereocenters. The van der Waals surface area contributed by atoms with Gasteiger partial charge in [-0.15, -0.1) is 0 Å². The molecule has 0 fully saturated rings. The normalized spacial score (nSPS) is 13.3. The number of nitrogens with two attached hydrogens (primary N) is 1. The first-order chi connectivity index (χ1) is 13.2. The highest BCUT2D eigenvalue weighted by Crippen LogP contribution is 2.16. The quantitative estimate of drug-likeness (QED) is 0.626. The molecule has 0 saturated carbocycles. The van der Waals surface area contributed by atoms with Gasteiger partial charge >= 0.3 is 5.97 Å². The highest BCUT2D eigenvalue weighted by atomic mass is 32.2. The van der Waals surface area contributed by atoms with Crippen LogP contribution in [-0.4, -0.2) is 30.3 Å². The second kappa shape index (κ2) is 10.6. The van der Waals surface area contributed by atoms with Crippen LogP contribution in [0.4, 0.5) is 0 Å². The van der Waals surface area contributed by atoms with Crippen LogP contribution in [0.1, 0.15) is 24.1 Å². The smallest absolute Gasteiger partial charge is 0.333 e. The average Bonchev–Trinajstić information content (AvgIpc) is 2.71. The minimum Gasteiger partial charge on any atom is -0.464 e. The average molecular weight is 373 g/mol. The van der Waals surface area contributed by atoms with Gasteiger partial charge in [-0.05, 0) is 18.1 Å². The van der Waals surface area contributed by atoms with Gasteiger partial charge in [0.15, 0.2) is 6.04 Å². The first-order valence-corrected chi connectivity index (χ1v) is 9.62. The molecule has 0 radical (unpaired) electrons. The number of hydrogen-bond donors (Lipinski definition) is 2. The summed E-state index contributed by atoms with van der Waals surface area (Å²) in [6.07, 6.45) is 0. The highest BCUT2D eigenvalue weighted by Gasteiger charge is 2.26. The van der Waals surface area contributed by atoms with Crippen LogP contribution < -0.4 is 11.0 Å². The summed E-state index contributed by atoms with van der Waals surface area (Å²) in [5, 5.41) is 2.71. The van der Waals surface area contributed by atoms with E-state index in [4.69, 9.17) is 6.15 Å². The molecule has 0 bridgehead atoms. The van der Waals surface area contributed by atoms with Gasteiger partial charge in [-0.1, -0.05) is 60.7 Å². The van der Waals surface area contributed by atoms with Crippen LogP contribution in [0.25, 0.3) is 0 Å². The fraction of sp³-hybridized carbons (Fsp3) is 0.300. The van der Waals surface area contributed by atoms with Crippen molar-refractivity contribution in [1.29, 1.82) is 0 Å². The number of ether oxygens (including phenoxy) is 1. The number of benzene rings is 2. The maximum atomic E-state index is 12.6. The zero-order chi connectivity index (χ0) is 19.5. The van der Waals surface area contributed by atoms with Crippen LogP contribution in [0.5, 0.6) is 0 Å². The predicted octanol–water partition coefficient (Wildman–Crippen LogP) is 2.67. The number of carbonyl (C=O) groups excluding carboxylic acids is 2. The fourth-order valence-electron chi connectivity index (χ4n) is 2.34. The first kappa shape index (κ1) is 18.5. The van der Waals surface area contributed by atoms with Crippen LogP contribution in [0.2, 0.25) is 1.41 Å². The number of amides is 1. The fourth-order valence-corrected chi connectivity index (χ4v) is 3.27. The van der Waals surface area contributed by atoms with Crippen molar-refractivity contribution >= 4 is 23.6 Å². The molecule has 0 aromatic heterocycles. The third kappa shape index (κ3) is 6.20. The van der Waals surface area contributed by atoms with Gasteiger partial charge in [-0.25, -0.2) is 4.79 Å². The molecule has 0 heterocycles. The lowest BCUT2D eigenvalue weighted by Crippen LogP contribution is -2.46. The van der Waals surface area contributed by atoms with Crippen LogP contribution in [0, 0.1) is 0 Å².